The Labute approximate surface area is 158 Å². The van der Waals surface area contributed by atoms with E-state index in [0.29, 0.717) is 24.4 Å². The van der Waals surface area contributed by atoms with E-state index in [1.54, 1.807) is 0 Å². The summed E-state index contributed by atoms with van der Waals surface area (Å²) < 4.78 is 0. The van der Waals surface area contributed by atoms with Gasteiger partial charge in [0.25, 0.3) is 11.8 Å². The van der Waals surface area contributed by atoms with Crippen molar-refractivity contribution in [3.05, 3.63) is 58.4 Å². The number of nitrogens with zero attached hydrogens (tertiary/aromatic N) is 2. The first-order valence-corrected chi connectivity index (χ1v) is 10.0. The number of likely N-dealkylation sites (N-methyl/N-ethyl adjacent to an activating group) is 1. The summed E-state index contributed by atoms with van der Waals surface area (Å²) in [4.78, 5) is 30.5. The van der Waals surface area contributed by atoms with Gasteiger partial charge in [-0.25, -0.2) is 0 Å². The molecule has 5 heteroatoms. The van der Waals surface area contributed by atoms with Gasteiger partial charge in [-0.1, -0.05) is 44.0 Å². The van der Waals surface area contributed by atoms with Crippen LogP contribution in [0.1, 0.15) is 38.0 Å². The van der Waals surface area contributed by atoms with Crippen LogP contribution in [0.3, 0.4) is 0 Å². The number of rotatable bonds is 8. The predicted octanol–water partition coefficient (Wildman–Crippen LogP) is 4.54. The second-order valence-electron chi connectivity index (χ2n) is 6.25. The Kier molecular flexibility index (Phi) is 5.89. The number of hydrogen-bond donors (Lipinski definition) is 0. The summed E-state index contributed by atoms with van der Waals surface area (Å²) >= 11 is 1.50. The molecule has 1 aliphatic heterocycles. The van der Waals surface area contributed by atoms with E-state index in [2.05, 4.69) is 6.92 Å². The molecule has 0 fully saturated rings. The van der Waals surface area contributed by atoms with Crippen molar-refractivity contribution in [1.82, 2.24) is 4.90 Å². The highest BCUT2D eigenvalue weighted by Gasteiger charge is 2.41. The number of anilines is 1. The van der Waals surface area contributed by atoms with Gasteiger partial charge in [0.1, 0.15) is 5.70 Å². The van der Waals surface area contributed by atoms with E-state index in [1.807, 2.05) is 59.7 Å². The zero-order valence-electron chi connectivity index (χ0n) is 15.3. The Morgan fingerprint density at radius 3 is 2.35 bits per heavy atom. The van der Waals surface area contributed by atoms with Gasteiger partial charge in [0.2, 0.25) is 0 Å². The van der Waals surface area contributed by atoms with E-state index in [9.17, 15) is 9.59 Å². The van der Waals surface area contributed by atoms with Gasteiger partial charge in [-0.3, -0.25) is 14.5 Å². The lowest BCUT2D eigenvalue weighted by molar-refractivity contribution is -0.136. The minimum Gasteiger partial charge on any atom is -0.337 e. The number of benzene rings is 1. The molecule has 0 aliphatic carbocycles. The number of carbonyl (C=O) groups is 2. The zero-order valence-corrected chi connectivity index (χ0v) is 16.1. The number of carbonyl (C=O) groups excluding carboxylic acids is 2. The maximum Gasteiger partial charge on any atom is 0.278 e. The van der Waals surface area contributed by atoms with Gasteiger partial charge >= 0.3 is 0 Å². The van der Waals surface area contributed by atoms with Crippen molar-refractivity contribution < 1.29 is 9.59 Å². The molecule has 0 radical (unpaired) electrons. The maximum atomic E-state index is 13.2. The van der Waals surface area contributed by atoms with Gasteiger partial charge in [-0.2, -0.15) is 0 Å². The van der Waals surface area contributed by atoms with Crippen molar-refractivity contribution in [1.29, 1.82) is 0 Å². The third kappa shape index (κ3) is 3.44. The largest absolute Gasteiger partial charge is 0.337 e. The molecule has 26 heavy (non-hydrogen) atoms. The molecule has 136 valence electrons. The third-order valence-electron chi connectivity index (χ3n) is 4.55. The number of hydrogen-bond acceptors (Lipinski definition) is 4. The molecule has 2 heterocycles. The van der Waals surface area contributed by atoms with Crippen molar-refractivity contribution in [3.8, 4) is 0 Å². The first kappa shape index (κ1) is 18.4. The average molecular weight is 369 g/mol. The summed E-state index contributed by atoms with van der Waals surface area (Å²) in [5.41, 5.74) is 1.96. The lowest BCUT2D eigenvalue weighted by atomic mass is 10.1. The predicted molar refractivity (Wildman–Crippen MR) is 107 cm³/mol. The summed E-state index contributed by atoms with van der Waals surface area (Å²) in [5, 5.41) is 1.94. The van der Waals surface area contributed by atoms with E-state index in [-0.39, 0.29) is 11.8 Å². The van der Waals surface area contributed by atoms with Crippen LogP contribution >= 0.6 is 11.3 Å². The van der Waals surface area contributed by atoms with Crippen LogP contribution < -0.4 is 4.90 Å². The number of amides is 2. The molecular weight excluding hydrogens is 344 g/mol. The molecule has 2 aromatic rings. The maximum absolute atomic E-state index is 13.2. The smallest absolute Gasteiger partial charge is 0.278 e. The molecule has 0 saturated carbocycles. The highest BCUT2D eigenvalue weighted by Crippen LogP contribution is 2.36. The molecule has 4 nitrogen and oxygen atoms in total. The Hall–Kier alpha value is -2.40. The van der Waals surface area contributed by atoms with Crippen LogP contribution in [-0.2, 0) is 9.59 Å². The zero-order chi connectivity index (χ0) is 18.5. The molecule has 1 aromatic carbocycles. The summed E-state index contributed by atoms with van der Waals surface area (Å²) in [7, 11) is 0. The number of imide groups is 1. The van der Waals surface area contributed by atoms with Crippen LogP contribution in [0.5, 0.6) is 0 Å². The minimum atomic E-state index is -0.180. The van der Waals surface area contributed by atoms with Crippen LogP contribution in [0.4, 0.5) is 5.69 Å². The van der Waals surface area contributed by atoms with Crippen molar-refractivity contribution in [3.63, 3.8) is 0 Å². The van der Waals surface area contributed by atoms with E-state index in [0.717, 1.165) is 29.8 Å². The summed E-state index contributed by atoms with van der Waals surface area (Å²) in [6, 6.07) is 13.6. The van der Waals surface area contributed by atoms with Crippen LogP contribution in [0, 0.1) is 0 Å². The fraction of sp³-hybridized carbons (Fsp3) is 0.333. The Morgan fingerprint density at radius 1 is 0.962 bits per heavy atom. The van der Waals surface area contributed by atoms with Crippen LogP contribution in [0.25, 0.3) is 5.57 Å². The van der Waals surface area contributed by atoms with Crippen molar-refractivity contribution in [2.45, 2.75) is 33.1 Å². The molecule has 1 aromatic heterocycles. The quantitative estimate of drug-likeness (QED) is 0.507. The van der Waals surface area contributed by atoms with E-state index >= 15 is 0 Å². The van der Waals surface area contributed by atoms with Crippen LogP contribution in [0.15, 0.2) is 53.5 Å². The van der Waals surface area contributed by atoms with Crippen LogP contribution in [0.2, 0.25) is 0 Å². The Bertz CT molecular complexity index is 797. The molecule has 0 spiro atoms. The van der Waals surface area contributed by atoms with Crippen LogP contribution in [-0.4, -0.2) is 29.8 Å². The first-order valence-electron chi connectivity index (χ1n) is 9.16. The van der Waals surface area contributed by atoms with Crippen molar-refractivity contribution >= 4 is 34.4 Å². The van der Waals surface area contributed by atoms with Crippen molar-refractivity contribution in [2.24, 2.45) is 0 Å². The monoisotopic (exact) mass is 368 g/mol. The van der Waals surface area contributed by atoms with Gasteiger partial charge < -0.3 is 4.90 Å². The minimum absolute atomic E-state index is 0.169. The highest BCUT2D eigenvalue weighted by molar-refractivity contribution is 7.11. The van der Waals surface area contributed by atoms with Gasteiger partial charge in [0.15, 0.2) is 0 Å². The van der Waals surface area contributed by atoms with E-state index < -0.39 is 0 Å². The second kappa shape index (κ2) is 8.32. The number of unbranched alkanes of at least 4 members (excludes halogenated alkanes) is 2. The Balaban J connectivity index is 2.04. The molecule has 0 N–H and O–H groups in total. The van der Waals surface area contributed by atoms with Gasteiger partial charge in [0, 0.05) is 23.7 Å². The fourth-order valence-corrected chi connectivity index (χ4v) is 4.02. The molecule has 1 aliphatic rings. The summed E-state index contributed by atoms with van der Waals surface area (Å²) in [6.07, 6.45) is 2.91. The molecular formula is C21H24N2O2S. The van der Waals surface area contributed by atoms with Crippen molar-refractivity contribution in [2.75, 3.05) is 18.0 Å². The molecule has 3 rings (SSSR count). The van der Waals surface area contributed by atoms with Gasteiger partial charge in [-0.05, 0) is 36.9 Å². The molecule has 2 amide bonds. The Morgan fingerprint density at radius 2 is 1.73 bits per heavy atom. The topological polar surface area (TPSA) is 40.6 Å². The lowest BCUT2D eigenvalue weighted by Crippen LogP contribution is -2.36. The lowest BCUT2D eigenvalue weighted by Gasteiger charge is -2.24. The molecule has 0 bridgehead atoms. The SMILES string of the molecule is CCCCCN1C(=O)C(c2cccs2)=C(N(CC)c2ccccc2)C1=O. The molecule has 0 atom stereocenters. The summed E-state index contributed by atoms with van der Waals surface area (Å²) in [6.45, 7) is 5.22. The fourth-order valence-electron chi connectivity index (χ4n) is 3.26. The normalized spacial score (nSPS) is 14.5. The molecule has 0 unspecified atom stereocenters. The van der Waals surface area contributed by atoms with Gasteiger partial charge in [-0.15, -0.1) is 11.3 Å². The molecule has 0 saturated heterocycles. The number of thiophene rings is 1. The van der Waals surface area contributed by atoms with Gasteiger partial charge in [0.05, 0.1) is 5.57 Å². The highest BCUT2D eigenvalue weighted by atomic mass is 32.1. The standard InChI is InChI=1S/C21H24N2O2S/c1-3-5-9-14-23-20(24)18(17-13-10-15-26-17)19(21(23)25)22(4-2)16-11-7-6-8-12-16/h6-8,10-13,15H,3-5,9,14H2,1-2H3. The van der Waals surface area contributed by atoms with E-state index in [1.165, 1.54) is 16.2 Å². The first-order chi connectivity index (χ1) is 12.7. The summed E-state index contributed by atoms with van der Waals surface area (Å²) in [5.74, 6) is -0.349. The van der Waals surface area contributed by atoms with E-state index in [4.69, 9.17) is 0 Å². The number of para-hydroxylation sites is 1. The third-order valence-corrected chi connectivity index (χ3v) is 5.44. The average Bonchev–Trinajstić information content (AvgIpc) is 3.26. The second-order valence-corrected chi connectivity index (χ2v) is 7.20.